The Morgan fingerprint density at radius 2 is 2.07 bits per heavy atom. The first-order chi connectivity index (χ1) is 14.6. The molecule has 2 aliphatic heterocycles. The molecule has 1 aliphatic carbocycles. The lowest BCUT2D eigenvalue weighted by Crippen LogP contribution is -2.48. The van der Waals surface area contributed by atoms with E-state index in [9.17, 15) is 4.79 Å². The van der Waals surface area contributed by atoms with E-state index in [1.807, 2.05) is 11.0 Å². The van der Waals surface area contributed by atoms with Crippen molar-refractivity contribution in [2.75, 3.05) is 25.0 Å². The molecule has 3 heterocycles. The van der Waals surface area contributed by atoms with Gasteiger partial charge in [0.15, 0.2) is 0 Å². The second kappa shape index (κ2) is 7.82. The molecule has 1 amide bonds. The minimum Gasteiger partial charge on any atom is -0.459 e. The Morgan fingerprint density at radius 3 is 2.83 bits per heavy atom. The lowest BCUT2D eigenvalue weighted by molar-refractivity contribution is -0.127. The lowest BCUT2D eigenvalue weighted by Gasteiger charge is -2.44. The molecule has 0 radical (unpaired) electrons. The van der Waals surface area contributed by atoms with Gasteiger partial charge in [-0.1, -0.05) is 37.4 Å². The normalized spacial score (nSPS) is 20.5. The Balaban J connectivity index is 1.40. The number of nitrogens with one attached hydrogen (secondary N) is 3. The Hall–Kier alpha value is -2.18. The zero-order chi connectivity index (χ0) is 20.7. The molecule has 1 saturated heterocycles. The zero-order valence-corrected chi connectivity index (χ0v) is 18.0. The maximum Gasteiger partial charge on any atom is 0.222 e. The highest BCUT2D eigenvalue weighted by atomic mass is 35.5. The molecule has 30 heavy (non-hydrogen) atoms. The largest absolute Gasteiger partial charge is 0.459 e. The molecule has 1 saturated carbocycles. The Bertz CT molecular complexity index is 993. The minimum atomic E-state index is -0.169. The molecule has 2 aromatic rings. The number of fused-ring (bicyclic) bond motifs is 4. The van der Waals surface area contributed by atoms with E-state index in [0.717, 1.165) is 72.7 Å². The number of likely N-dealkylation sites (tertiary alicyclic amines) is 1. The summed E-state index contributed by atoms with van der Waals surface area (Å²) in [6, 6.07) is 4.06. The van der Waals surface area contributed by atoms with E-state index in [1.54, 1.807) is 0 Å². The van der Waals surface area contributed by atoms with Crippen molar-refractivity contribution in [1.29, 1.82) is 0 Å². The Kier molecular flexibility index (Phi) is 5.15. The van der Waals surface area contributed by atoms with Crippen LogP contribution < -0.4 is 16.0 Å². The van der Waals surface area contributed by atoms with Crippen molar-refractivity contribution in [3.05, 3.63) is 40.9 Å². The average molecular weight is 429 g/mol. The summed E-state index contributed by atoms with van der Waals surface area (Å²) in [6.07, 6.45) is 7.38. The summed E-state index contributed by atoms with van der Waals surface area (Å²) >= 11 is 6.69. The molecule has 3 aliphatic rings. The molecule has 0 atom stereocenters. The van der Waals surface area contributed by atoms with Gasteiger partial charge in [-0.15, -0.1) is 0 Å². The highest BCUT2D eigenvalue weighted by molar-refractivity contribution is 6.34. The van der Waals surface area contributed by atoms with E-state index in [2.05, 4.69) is 28.6 Å². The molecule has 6 nitrogen and oxygen atoms in total. The van der Waals surface area contributed by atoms with Crippen LogP contribution in [0.15, 0.2) is 28.9 Å². The van der Waals surface area contributed by atoms with E-state index < -0.39 is 0 Å². The molecular formula is C23H29ClN4O2. The van der Waals surface area contributed by atoms with Gasteiger partial charge in [-0.2, -0.15) is 0 Å². The number of amides is 1. The summed E-state index contributed by atoms with van der Waals surface area (Å²) in [5.74, 6) is 1.95. The highest BCUT2D eigenvalue weighted by Crippen LogP contribution is 2.49. The molecule has 160 valence electrons. The fraction of sp³-hybridized carbons (Fsp3) is 0.522. The van der Waals surface area contributed by atoms with Crippen LogP contribution in [-0.2, 0) is 16.9 Å². The van der Waals surface area contributed by atoms with Gasteiger partial charge in [0, 0.05) is 37.0 Å². The molecule has 0 bridgehead atoms. The molecule has 1 spiro atoms. The van der Waals surface area contributed by atoms with Crippen molar-refractivity contribution >= 4 is 34.2 Å². The quantitative estimate of drug-likeness (QED) is 0.614. The SMILES string of the molecule is C=C1Nc2c(Cl)cc3cc(CNCCN4CCCC4=O)oc3c2C2(CCCCC2)N1. The molecule has 7 heteroatoms. The van der Waals surface area contributed by atoms with Gasteiger partial charge in [-0.05, 0) is 31.4 Å². The average Bonchev–Trinajstić information content (AvgIpc) is 3.31. The van der Waals surface area contributed by atoms with Crippen LogP contribution in [0.4, 0.5) is 5.69 Å². The zero-order valence-electron chi connectivity index (χ0n) is 17.3. The van der Waals surface area contributed by atoms with Crippen LogP contribution in [0.25, 0.3) is 11.0 Å². The van der Waals surface area contributed by atoms with Gasteiger partial charge in [-0.3, -0.25) is 4.79 Å². The van der Waals surface area contributed by atoms with Crippen molar-refractivity contribution in [2.45, 2.75) is 57.0 Å². The highest BCUT2D eigenvalue weighted by Gasteiger charge is 2.42. The Labute approximate surface area is 182 Å². The van der Waals surface area contributed by atoms with Crippen LogP contribution in [0, 0.1) is 0 Å². The Morgan fingerprint density at radius 1 is 1.23 bits per heavy atom. The van der Waals surface area contributed by atoms with Crippen LogP contribution in [-0.4, -0.2) is 30.4 Å². The first-order valence-electron chi connectivity index (χ1n) is 11.0. The van der Waals surface area contributed by atoms with Gasteiger partial charge < -0.3 is 25.3 Å². The predicted octanol–water partition coefficient (Wildman–Crippen LogP) is 4.44. The number of carbonyl (C=O) groups is 1. The number of hydrogen-bond acceptors (Lipinski definition) is 5. The number of hydrogen-bond donors (Lipinski definition) is 3. The van der Waals surface area contributed by atoms with Crippen LogP contribution in [0.5, 0.6) is 0 Å². The van der Waals surface area contributed by atoms with E-state index in [-0.39, 0.29) is 11.4 Å². The molecular weight excluding hydrogens is 400 g/mol. The third kappa shape index (κ3) is 3.46. The van der Waals surface area contributed by atoms with Gasteiger partial charge in [0.25, 0.3) is 0 Å². The predicted molar refractivity (Wildman–Crippen MR) is 119 cm³/mol. The number of anilines is 1. The second-order valence-corrected chi connectivity index (χ2v) is 9.18. The summed E-state index contributed by atoms with van der Waals surface area (Å²) in [5.41, 5.74) is 2.81. The fourth-order valence-electron chi connectivity index (χ4n) is 5.30. The standard InChI is InChI=1S/C23H29ClN4O2/c1-15-26-21-18(24)13-16-12-17(14-25-9-11-28-10-5-6-19(28)29)30-22(16)20(21)23(27-15)7-3-2-4-8-23/h12-13,25-27H,1-11,14H2. The van der Waals surface area contributed by atoms with Gasteiger partial charge in [0.05, 0.1) is 28.6 Å². The fourth-order valence-corrected chi connectivity index (χ4v) is 5.56. The third-order valence-electron chi connectivity index (χ3n) is 6.69. The first-order valence-corrected chi connectivity index (χ1v) is 11.4. The van der Waals surface area contributed by atoms with Crippen LogP contribution >= 0.6 is 11.6 Å². The molecule has 3 N–H and O–H groups in total. The number of benzene rings is 1. The van der Waals surface area contributed by atoms with Gasteiger partial charge in [0.2, 0.25) is 5.91 Å². The minimum absolute atomic E-state index is 0.169. The summed E-state index contributed by atoms with van der Waals surface area (Å²) in [4.78, 5) is 13.7. The first kappa shape index (κ1) is 19.8. The van der Waals surface area contributed by atoms with Crippen molar-refractivity contribution in [1.82, 2.24) is 15.5 Å². The van der Waals surface area contributed by atoms with Crippen LogP contribution in [0.1, 0.15) is 56.3 Å². The van der Waals surface area contributed by atoms with E-state index in [1.165, 1.54) is 19.3 Å². The molecule has 1 aromatic heterocycles. The van der Waals surface area contributed by atoms with E-state index in [0.29, 0.717) is 18.0 Å². The van der Waals surface area contributed by atoms with Gasteiger partial charge >= 0.3 is 0 Å². The third-order valence-corrected chi connectivity index (χ3v) is 6.99. The number of furan rings is 1. The monoisotopic (exact) mass is 428 g/mol. The smallest absolute Gasteiger partial charge is 0.222 e. The van der Waals surface area contributed by atoms with Crippen LogP contribution in [0.3, 0.4) is 0 Å². The summed E-state index contributed by atoms with van der Waals surface area (Å²) in [7, 11) is 0. The van der Waals surface area contributed by atoms with E-state index >= 15 is 0 Å². The summed E-state index contributed by atoms with van der Waals surface area (Å²) in [6.45, 7) is 7.14. The summed E-state index contributed by atoms with van der Waals surface area (Å²) < 4.78 is 6.37. The number of rotatable bonds is 5. The number of nitrogens with zero attached hydrogens (tertiary/aromatic N) is 1. The molecule has 0 unspecified atom stereocenters. The maximum atomic E-state index is 11.7. The van der Waals surface area contributed by atoms with Crippen molar-refractivity contribution in [3.63, 3.8) is 0 Å². The van der Waals surface area contributed by atoms with Gasteiger partial charge in [0.1, 0.15) is 11.3 Å². The maximum absolute atomic E-state index is 11.7. The topological polar surface area (TPSA) is 69.5 Å². The van der Waals surface area contributed by atoms with E-state index in [4.69, 9.17) is 16.0 Å². The molecule has 2 fully saturated rings. The van der Waals surface area contributed by atoms with Crippen molar-refractivity contribution in [3.8, 4) is 0 Å². The molecule has 1 aromatic carbocycles. The number of halogens is 1. The molecule has 5 rings (SSSR count). The second-order valence-electron chi connectivity index (χ2n) is 8.77. The van der Waals surface area contributed by atoms with Crippen molar-refractivity contribution < 1.29 is 9.21 Å². The van der Waals surface area contributed by atoms with Crippen molar-refractivity contribution in [2.24, 2.45) is 0 Å². The number of carbonyl (C=O) groups excluding carboxylic acids is 1. The lowest BCUT2D eigenvalue weighted by atomic mass is 9.74. The van der Waals surface area contributed by atoms with Gasteiger partial charge in [-0.25, -0.2) is 0 Å². The van der Waals surface area contributed by atoms with Crippen LogP contribution in [0.2, 0.25) is 5.02 Å². The summed E-state index contributed by atoms with van der Waals surface area (Å²) in [5, 5.41) is 12.1.